The fourth-order valence-electron chi connectivity index (χ4n) is 3.72. The van der Waals surface area contributed by atoms with Crippen LogP contribution in [0.1, 0.15) is 45.1 Å². The summed E-state index contributed by atoms with van der Waals surface area (Å²) in [5.74, 6) is -2.86. The van der Waals surface area contributed by atoms with Gasteiger partial charge >= 0.3 is 0 Å². The Hall–Kier alpha value is -2.72. The van der Waals surface area contributed by atoms with Crippen LogP contribution in [-0.4, -0.2) is 50.5 Å². The smallest absolute Gasteiger partial charge is 0.242 e. The molecule has 2 amide bonds. The molecule has 0 spiro atoms. The predicted octanol–water partition coefficient (Wildman–Crippen LogP) is 4.50. The van der Waals surface area contributed by atoms with Gasteiger partial charge in [0, 0.05) is 37.1 Å². The van der Waals surface area contributed by atoms with Gasteiger partial charge in [0.05, 0.1) is 11.9 Å². The van der Waals surface area contributed by atoms with Crippen LogP contribution in [0.2, 0.25) is 5.02 Å². The number of nitrogens with zero attached hydrogens (tertiary/aromatic N) is 2. The van der Waals surface area contributed by atoms with Gasteiger partial charge in [-0.15, -0.1) is 0 Å². The minimum absolute atomic E-state index is 0.0350. The topological polar surface area (TPSA) is 86.8 Å². The molecule has 2 aromatic rings. The highest BCUT2D eigenvalue weighted by Gasteiger charge is 2.28. The Bertz CT molecular complexity index is 1150. The molecule has 0 radical (unpaired) electrons. The van der Waals surface area contributed by atoms with Crippen molar-refractivity contribution in [2.45, 2.75) is 52.1 Å². The number of carbonyl (C=O) groups excluding carboxylic acids is 2. The number of hydrogen-bond acceptors (Lipinski definition) is 4. The van der Waals surface area contributed by atoms with E-state index in [1.54, 1.807) is 24.3 Å². The fourth-order valence-corrected chi connectivity index (χ4v) is 4.80. The molecule has 1 N–H and O–H groups in total. The summed E-state index contributed by atoms with van der Waals surface area (Å²) in [6.07, 6.45) is 2.14. The normalized spacial score (nSPS) is 12.2. The van der Waals surface area contributed by atoms with Crippen LogP contribution in [0.5, 0.6) is 0 Å². The van der Waals surface area contributed by atoms with E-state index in [4.69, 9.17) is 11.6 Å². The summed E-state index contributed by atoms with van der Waals surface area (Å²) in [6, 6.07) is 9.05. The summed E-state index contributed by atoms with van der Waals surface area (Å²) in [6.45, 7) is 4.28. The van der Waals surface area contributed by atoms with E-state index in [-0.39, 0.29) is 43.4 Å². The summed E-state index contributed by atoms with van der Waals surface area (Å²) in [7, 11) is -3.82. The number of benzene rings is 2. The molecule has 1 atom stereocenters. The first-order valence-corrected chi connectivity index (χ1v) is 13.9. The number of amides is 2. The van der Waals surface area contributed by atoms with Crippen LogP contribution < -0.4 is 9.62 Å². The lowest BCUT2D eigenvalue weighted by Gasteiger charge is -2.31. The van der Waals surface area contributed by atoms with E-state index in [9.17, 15) is 26.8 Å². The van der Waals surface area contributed by atoms with Crippen molar-refractivity contribution in [3.8, 4) is 0 Å². The Labute approximate surface area is 216 Å². The van der Waals surface area contributed by atoms with Crippen LogP contribution in [0.25, 0.3) is 0 Å². The molecule has 0 fully saturated rings. The average molecular weight is 544 g/mol. The number of carbonyl (C=O) groups is 2. The largest absolute Gasteiger partial charge is 0.354 e. The lowest BCUT2D eigenvalue weighted by Crippen LogP contribution is -2.49. The van der Waals surface area contributed by atoms with Gasteiger partial charge in [-0.05, 0) is 49.1 Å². The number of nitrogens with one attached hydrogen (secondary N) is 1. The monoisotopic (exact) mass is 543 g/mol. The molecule has 0 aromatic heterocycles. The SMILES string of the molecule is CCCNC(=O)[C@H](CC)N(Cc1ccc(Cl)cc1)C(=O)CCCN(c1ccc(F)c(F)c1)S(C)(=O)=O. The Morgan fingerprint density at radius 1 is 1.06 bits per heavy atom. The van der Waals surface area contributed by atoms with Crippen molar-refractivity contribution in [2.24, 2.45) is 0 Å². The fraction of sp³-hybridized carbons (Fsp3) is 0.440. The van der Waals surface area contributed by atoms with Gasteiger partial charge in [0.25, 0.3) is 0 Å². The van der Waals surface area contributed by atoms with Crippen molar-refractivity contribution in [1.29, 1.82) is 0 Å². The number of hydrogen-bond donors (Lipinski definition) is 1. The molecule has 11 heteroatoms. The van der Waals surface area contributed by atoms with E-state index >= 15 is 0 Å². The molecule has 36 heavy (non-hydrogen) atoms. The molecule has 0 unspecified atom stereocenters. The van der Waals surface area contributed by atoms with Gasteiger partial charge in [-0.1, -0.05) is 37.6 Å². The molecule has 7 nitrogen and oxygen atoms in total. The zero-order valence-electron chi connectivity index (χ0n) is 20.6. The number of sulfonamides is 1. The van der Waals surface area contributed by atoms with Crippen LogP contribution in [0.3, 0.4) is 0 Å². The molecule has 2 aromatic carbocycles. The number of anilines is 1. The highest BCUT2D eigenvalue weighted by Crippen LogP contribution is 2.22. The molecular weight excluding hydrogens is 512 g/mol. The third kappa shape index (κ3) is 8.44. The summed E-state index contributed by atoms with van der Waals surface area (Å²) in [5.41, 5.74) is 0.751. The molecule has 0 heterocycles. The van der Waals surface area contributed by atoms with E-state index in [1.165, 1.54) is 11.0 Å². The van der Waals surface area contributed by atoms with Crippen molar-refractivity contribution in [3.63, 3.8) is 0 Å². The maximum Gasteiger partial charge on any atom is 0.242 e. The van der Waals surface area contributed by atoms with E-state index in [2.05, 4.69) is 5.32 Å². The summed E-state index contributed by atoms with van der Waals surface area (Å²) < 4.78 is 52.6. The van der Waals surface area contributed by atoms with Crippen LogP contribution in [-0.2, 0) is 26.2 Å². The Balaban J connectivity index is 2.21. The van der Waals surface area contributed by atoms with E-state index in [1.807, 2.05) is 13.8 Å². The molecule has 0 aliphatic heterocycles. The van der Waals surface area contributed by atoms with Crippen molar-refractivity contribution < 1.29 is 26.8 Å². The van der Waals surface area contributed by atoms with Crippen molar-refractivity contribution in [1.82, 2.24) is 10.2 Å². The molecule has 0 saturated carbocycles. The Morgan fingerprint density at radius 2 is 1.72 bits per heavy atom. The first-order chi connectivity index (χ1) is 17.0. The molecule has 0 aliphatic rings. The van der Waals surface area contributed by atoms with Gasteiger partial charge in [-0.3, -0.25) is 13.9 Å². The standard InChI is InChI=1S/C25H32ClF2N3O4S/c1-4-14-29-25(33)23(5-2)30(17-18-8-10-19(26)11-9-18)24(32)7-6-15-31(36(3,34)35)20-12-13-21(27)22(28)16-20/h8-13,16,23H,4-7,14-15,17H2,1-3H3,(H,29,33)/t23-/m0/s1. The van der Waals surface area contributed by atoms with Gasteiger partial charge in [-0.25, -0.2) is 17.2 Å². The third-order valence-electron chi connectivity index (χ3n) is 5.54. The quantitative estimate of drug-likeness (QED) is 0.403. The molecule has 0 bridgehead atoms. The highest BCUT2D eigenvalue weighted by atomic mass is 35.5. The first-order valence-electron chi connectivity index (χ1n) is 11.7. The molecule has 2 rings (SSSR count). The molecular formula is C25H32ClF2N3O4S. The van der Waals surface area contributed by atoms with Crippen molar-refractivity contribution >= 4 is 39.1 Å². The highest BCUT2D eigenvalue weighted by molar-refractivity contribution is 7.92. The predicted molar refractivity (Wildman–Crippen MR) is 137 cm³/mol. The maximum absolute atomic E-state index is 13.7. The number of rotatable bonds is 13. The molecule has 0 saturated heterocycles. The second-order valence-corrected chi connectivity index (χ2v) is 10.7. The van der Waals surface area contributed by atoms with Gasteiger partial charge in [0.1, 0.15) is 6.04 Å². The summed E-state index contributed by atoms with van der Waals surface area (Å²) in [4.78, 5) is 27.6. The zero-order valence-corrected chi connectivity index (χ0v) is 22.2. The first kappa shape index (κ1) is 29.5. The van der Waals surface area contributed by atoms with Gasteiger partial charge in [0.2, 0.25) is 21.8 Å². The third-order valence-corrected chi connectivity index (χ3v) is 6.99. The summed E-state index contributed by atoms with van der Waals surface area (Å²) >= 11 is 5.97. The summed E-state index contributed by atoms with van der Waals surface area (Å²) in [5, 5.41) is 3.38. The minimum Gasteiger partial charge on any atom is -0.354 e. The lowest BCUT2D eigenvalue weighted by atomic mass is 10.1. The minimum atomic E-state index is -3.82. The second-order valence-electron chi connectivity index (χ2n) is 8.40. The maximum atomic E-state index is 13.7. The van der Waals surface area contributed by atoms with Gasteiger partial charge < -0.3 is 10.2 Å². The van der Waals surface area contributed by atoms with Crippen LogP contribution in [0.4, 0.5) is 14.5 Å². The zero-order chi connectivity index (χ0) is 26.9. The molecule has 198 valence electrons. The van der Waals surface area contributed by atoms with Crippen LogP contribution in [0, 0.1) is 11.6 Å². The van der Waals surface area contributed by atoms with Crippen molar-refractivity contribution in [2.75, 3.05) is 23.7 Å². The van der Waals surface area contributed by atoms with E-state index < -0.39 is 27.7 Å². The molecule has 0 aliphatic carbocycles. The Morgan fingerprint density at radius 3 is 2.28 bits per heavy atom. The Kier molecular flexibility index (Phi) is 11.1. The van der Waals surface area contributed by atoms with Crippen molar-refractivity contribution in [3.05, 3.63) is 64.7 Å². The van der Waals surface area contributed by atoms with Gasteiger partial charge in [0.15, 0.2) is 11.6 Å². The lowest BCUT2D eigenvalue weighted by molar-refractivity contribution is -0.141. The average Bonchev–Trinajstić information content (AvgIpc) is 2.82. The van der Waals surface area contributed by atoms with E-state index in [0.29, 0.717) is 18.0 Å². The van der Waals surface area contributed by atoms with E-state index in [0.717, 1.165) is 34.7 Å². The number of halogens is 3. The second kappa shape index (κ2) is 13.5. The van der Waals surface area contributed by atoms with Gasteiger partial charge in [-0.2, -0.15) is 0 Å². The van der Waals surface area contributed by atoms with Crippen LogP contribution >= 0.6 is 11.6 Å². The van der Waals surface area contributed by atoms with Crippen LogP contribution in [0.15, 0.2) is 42.5 Å².